The van der Waals surface area contributed by atoms with Crippen molar-refractivity contribution in [1.82, 2.24) is 9.97 Å². The lowest BCUT2D eigenvalue weighted by Gasteiger charge is -1.84. The van der Waals surface area contributed by atoms with Gasteiger partial charge in [0.2, 0.25) is 5.95 Å². The van der Waals surface area contributed by atoms with Crippen LogP contribution < -0.4 is 5.73 Å². The monoisotopic (exact) mass is 169 g/mol. The molecule has 0 atom stereocenters. The van der Waals surface area contributed by atoms with Gasteiger partial charge in [-0.05, 0) is 0 Å². The fourth-order valence-electron chi connectivity index (χ4n) is 0.828. The average Bonchev–Trinajstić information content (AvgIpc) is 2.27. The first kappa shape index (κ1) is 6.48. The van der Waals surface area contributed by atoms with Crippen molar-refractivity contribution in [3.8, 4) is 0 Å². The van der Waals surface area contributed by atoms with Crippen molar-refractivity contribution in [2.24, 2.45) is 0 Å². The highest BCUT2D eigenvalue weighted by atomic mass is 32.1. The van der Waals surface area contributed by atoms with Crippen molar-refractivity contribution in [2.75, 3.05) is 5.73 Å². The third-order valence-electron chi connectivity index (χ3n) is 1.26. The summed E-state index contributed by atoms with van der Waals surface area (Å²) in [5, 5.41) is 0.437. The molecule has 3 nitrogen and oxygen atoms in total. The zero-order valence-corrected chi connectivity index (χ0v) is 6.23. The Morgan fingerprint density at radius 2 is 2.36 bits per heavy atom. The number of hydrogen-bond donors (Lipinski definition) is 1. The summed E-state index contributed by atoms with van der Waals surface area (Å²) in [4.78, 5) is 7.36. The van der Waals surface area contributed by atoms with Crippen molar-refractivity contribution in [2.45, 2.75) is 0 Å². The third-order valence-corrected chi connectivity index (χ3v) is 2.09. The number of pyridine rings is 1. The second-order valence-electron chi connectivity index (χ2n) is 2.03. The van der Waals surface area contributed by atoms with Gasteiger partial charge in [0.1, 0.15) is 0 Å². The van der Waals surface area contributed by atoms with Gasteiger partial charge in [-0.25, -0.2) is 9.97 Å². The summed E-state index contributed by atoms with van der Waals surface area (Å²) < 4.78 is 13.3. The van der Waals surface area contributed by atoms with Crippen LogP contribution in [-0.2, 0) is 0 Å². The molecule has 2 aromatic rings. The number of aromatic nitrogens is 2. The van der Waals surface area contributed by atoms with Crippen LogP contribution in [0.3, 0.4) is 0 Å². The number of fused-ring (bicyclic) bond motifs is 1. The highest BCUT2D eigenvalue weighted by molar-refractivity contribution is 7.22. The number of nitrogens with zero attached hydrogens (tertiary/aromatic N) is 2. The van der Waals surface area contributed by atoms with Gasteiger partial charge in [0.15, 0.2) is 5.13 Å². The van der Waals surface area contributed by atoms with E-state index in [1.54, 1.807) is 0 Å². The zero-order chi connectivity index (χ0) is 7.84. The zero-order valence-electron chi connectivity index (χ0n) is 5.41. The van der Waals surface area contributed by atoms with Crippen LogP contribution in [0, 0.1) is 5.95 Å². The minimum Gasteiger partial charge on any atom is -0.375 e. The molecule has 2 N–H and O–H groups in total. The second kappa shape index (κ2) is 2.13. The molecule has 5 heteroatoms. The van der Waals surface area contributed by atoms with E-state index in [9.17, 15) is 4.39 Å². The van der Waals surface area contributed by atoms with Crippen molar-refractivity contribution in [1.29, 1.82) is 0 Å². The van der Waals surface area contributed by atoms with E-state index in [0.29, 0.717) is 10.6 Å². The maximum atomic E-state index is 12.5. The van der Waals surface area contributed by atoms with E-state index in [-0.39, 0.29) is 0 Å². The Labute approximate surface area is 65.7 Å². The summed E-state index contributed by atoms with van der Waals surface area (Å²) in [6.45, 7) is 0. The molecule has 0 bridgehead atoms. The maximum Gasteiger partial charge on any atom is 0.215 e. The SMILES string of the molecule is Nc1nc2cc(F)ncc2s1. The second-order valence-corrected chi connectivity index (χ2v) is 3.09. The summed E-state index contributed by atoms with van der Waals surface area (Å²) in [6, 6.07) is 1.27. The molecule has 0 aliphatic heterocycles. The van der Waals surface area contributed by atoms with Crippen molar-refractivity contribution < 1.29 is 4.39 Å². The molecule has 11 heavy (non-hydrogen) atoms. The Hall–Kier alpha value is -1.23. The van der Waals surface area contributed by atoms with Crippen LogP contribution in [0.2, 0.25) is 0 Å². The molecule has 2 rings (SSSR count). The van der Waals surface area contributed by atoms with E-state index in [4.69, 9.17) is 5.73 Å². The van der Waals surface area contributed by atoms with Gasteiger partial charge in [0, 0.05) is 12.3 Å². The van der Waals surface area contributed by atoms with E-state index >= 15 is 0 Å². The Morgan fingerprint density at radius 1 is 1.55 bits per heavy atom. The molecule has 0 amide bonds. The number of anilines is 1. The highest BCUT2D eigenvalue weighted by Gasteiger charge is 2.01. The van der Waals surface area contributed by atoms with Gasteiger partial charge in [0.05, 0.1) is 10.2 Å². The Balaban J connectivity index is 2.82. The fourth-order valence-corrected chi connectivity index (χ4v) is 1.51. The first-order valence-corrected chi connectivity index (χ1v) is 3.75. The predicted molar refractivity (Wildman–Crippen MR) is 41.8 cm³/mol. The van der Waals surface area contributed by atoms with Gasteiger partial charge in [-0.3, -0.25) is 0 Å². The van der Waals surface area contributed by atoms with E-state index < -0.39 is 5.95 Å². The average molecular weight is 169 g/mol. The highest BCUT2D eigenvalue weighted by Crippen LogP contribution is 2.22. The first-order valence-electron chi connectivity index (χ1n) is 2.93. The Bertz CT molecular complexity index is 398. The molecule has 0 saturated heterocycles. The third kappa shape index (κ3) is 1.03. The van der Waals surface area contributed by atoms with E-state index in [2.05, 4.69) is 9.97 Å². The lowest BCUT2D eigenvalue weighted by atomic mass is 10.4. The molecule has 56 valence electrons. The molecule has 0 aliphatic rings. The van der Waals surface area contributed by atoms with E-state index in [1.807, 2.05) is 0 Å². The lowest BCUT2D eigenvalue weighted by molar-refractivity contribution is 0.586. The van der Waals surface area contributed by atoms with Crippen LogP contribution in [0.25, 0.3) is 10.2 Å². The topological polar surface area (TPSA) is 51.8 Å². The van der Waals surface area contributed by atoms with Crippen molar-refractivity contribution in [3.05, 3.63) is 18.2 Å². The van der Waals surface area contributed by atoms with Crippen LogP contribution in [-0.4, -0.2) is 9.97 Å². The molecule has 0 spiro atoms. The normalized spacial score (nSPS) is 10.6. The van der Waals surface area contributed by atoms with Gasteiger partial charge in [-0.1, -0.05) is 11.3 Å². The first-order chi connectivity index (χ1) is 5.25. The molecule has 2 aromatic heterocycles. The number of rotatable bonds is 0. The predicted octanol–water partition coefficient (Wildman–Crippen LogP) is 1.41. The smallest absolute Gasteiger partial charge is 0.215 e. The molecule has 0 aliphatic carbocycles. The van der Waals surface area contributed by atoms with Gasteiger partial charge in [-0.2, -0.15) is 4.39 Å². The largest absolute Gasteiger partial charge is 0.375 e. The quantitative estimate of drug-likeness (QED) is 0.606. The fraction of sp³-hybridized carbons (Fsp3) is 0. The van der Waals surface area contributed by atoms with Crippen LogP contribution in [0.1, 0.15) is 0 Å². The minimum atomic E-state index is -0.525. The number of nitrogens with two attached hydrogens (primary N) is 1. The standard InChI is InChI=1S/C6H4FN3S/c7-5-1-3-4(2-9-5)11-6(8)10-3/h1-2H,(H2,8,10). The molecule has 0 unspecified atom stereocenters. The number of nitrogen functional groups attached to an aromatic ring is 1. The van der Waals surface area contributed by atoms with Crippen LogP contribution in [0.4, 0.5) is 9.52 Å². The van der Waals surface area contributed by atoms with Gasteiger partial charge in [-0.15, -0.1) is 0 Å². The molecule has 2 heterocycles. The maximum absolute atomic E-state index is 12.5. The lowest BCUT2D eigenvalue weighted by Crippen LogP contribution is -1.81. The van der Waals surface area contributed by atoms with Gasteiger partial charge in [0.25, 0.3) is 0 Å². The molecule has 0 aromatic carbocycles. The Morgan fingerprint density at radius 3 is 3.18 bits per heavy atom. The number of halogens is 1. The van der Waals surface area contributed by atoms with Crippen molar-refractivity contribution in [3.63, 3.8) is 0 Å². The van der Waals surface area contributed by atoms with Crippen molar-refractivity contribution >= 4 is 26.7 Å². The van der Waals surface area contributed by atoms with Gasteiger partial charge < -0.3 is 5.73 Å². The number of hydrogen-bond acceptors (Lipinski definition) is 4. The minimum absolute atomic E-state index is 0.437. The summed E-state index contributed by atoms with van der Waals surface area (Å²) in [7, 11) is 0. The van der Waals surface area contributed by atoms with Crippen LogP contribution in [0.5, 0.6) is 0 Å². The molecular formula is C6H4FN3S. The summed E-state index contributed by atoms with van der Waals surface area (Å²) in [6.07, 6.45) is 1.43. The van der Waals surface area contributed by atoms with E-state index in [1.165, 1.54) is 23.6 Å². The van der Waals surface area contributed by atoms with Crippen LogP contribution >= 0.6 is 11.3 Å². The summed E-state index contributed by atoms with van der Waals surface area (Å²) in [5.74, 6) is -0.525. The molecule has 0 radical (unpaired) electrons. The number of thiazole rings is 1. The van der Waals surface area contributed by atoms with E-state index in [0.717, 1.165) is 4.70 Å². The summed E-state index contributed by atoms with van der Waals surface area (Å²) in [5.41, 5.74) is 5.97. The molecule has 0 fully saturated rings. The molecular weight excluding hydrogens is 165 g/mol. The summed E-state index contributed by atoms with van der Waals surface area (Å²) >= 11 is 1.30. The Kier molecular flexibility index (Phi) is 1.25. The van der Waals surface area contributed by atoms with Crippen LogP contribution in [0.15, 0.2) is 12.3 Å². The molecule has 0 saturated carbocycles. The van der Waals surface area contributed by atoms with Gasteiger partial charge >= 0.3 is 0 Å².